The Labute approximate surface area is 318 Å². The molecule has 1 aliphatic rings. The second-order valence-corrected chi connectivity index (χ2v) is 16.4. The number of nitrogens with one attached hydrogen (secondary N) is 2. The normalized spacial score (nSPS) is 13.4. The van der Waals surface area contributed by atoms with Crippen LogP contribution in [0, 0.1) is 0 Å². The molecule has 6 aromatic rings. The van der Waals surface area contributed by atoms with E-state index >= 15 is 0 Å². The molecule has 274 valence electrons. The van der Waals surface area contributed by atoms with Crippen LogP contribution in [0.3, 0.4) is 0 Å². The van der Waals surface area contributed by atoms with E-state index in [1.807, 2.05) is 0 Å². The maximum absolute atomic E-state index is 13.8. The van der Waals surface area contributed by atoms with E-state index < -0.39 is 32.0 Å². The van der Waals surface area contributed by atoms with Crippen LogP contribution in [0.2, 0.25) is 10.0 Å². The number of carboxylic acids is 2. The predicted molar refractivity (Wildman–Crippen MR) is 206 cm³/mol. The van der Waals surface area contributed by atoms with Crippen molar-refractivity contribution < 1.29 is 41.4 Å². The summed E-state index contributed by atoms with van der Waals surface area (Å²) in [6.07, 6.45) is 0. The first-order valence-corrected chi connectivity index (χ1v) is 19.6. The highest BCUT2D eigenvalue weighted by molar-refractivity contribution is 7.93. The molecule has 0 bridgehead atoms. The maximum Gasteiger partial charge on any atom is 0.337 e. The molecule has 7 rings (SSSR count). The smallest absolute Gasteiger partial charge is 0.337 e. The number of fused-ring (bicyclic) bond motifs is 2. The maximum atomic E-state index is 13.8. The lowest BCUT2D eigenvalue weighted by atomic mass is 10.1. The van der Waals surface area contributed by atoms with E-state index in [-0.39, 0.29) is 48.4 Å². The van der Waals surface area contributed by atoms with Crippen LogP contribution in [0.25, 0.3) is 21.5 Å². The van der Waals surface area contributed by atoms with Crippen LogP contribution in [0.15, 0.2) is 119 Å². The van der Waals surface area contributed by atoms with Gasteiger partial charge in [0, 0.05) is 35.8 Å². The molecule has 54 heavy (non-hydrogen) atoms. The minimum atomic E-state index is -4.14. The van der Waals surface area contributed by atoms with Gasteiger partial charge in [0.15, 0.2) is 0 Å². The molecular formula is C37H26Cl2N4O9S2. The van der Waals surface area contributed by atoms with E-state index in [1.54, 1.807) is 58.3 Å². The summed E-state index contributed by atoms with van der Waals surface area (Å²) in [5.74, 6) is -2.61. The largest absolute Gasteiger partial charge is 0.478 e. The Morgan fingerprint density at radius 3 is 1.31 bits per heavy atom. The molecule has 6 aromatic carbocycles. The summed E-state index contributed by atoms with van der Waals surface area (Å²) in [6, 6.07) is 26.6. The zero-order valence-corrected chi connectivity index (χ0v) is 30.7. The van der Waals surface area contributed by atoms with Gasteiger partial charge in [-0.25, -0.2) is 31.2 Å². The Bertz CT molecular complexity index is 2610. The van der Waals surface area contributed by atoms with Gasteiger partial charge in [-0.3, -0.25) is 19.2 Å². The SMILES string of the molecule is O=C(O)c1cc(NS(=O)(=O)c2ccc3ccc(N4CCN(c5ccc6ccc(S(=O)(=O)Nc7ccc(Cl)c(C(=O)O)c7)cc6c5)C4=O)cc3c2)ccc1Cl. The van der Waals surface area contributed by atoms with Crippen LogP contribution >= 0.6 is 23.2 Å². The molecule has 17 heteroatoms. The van der Waals surface area contributed by atoms with E-state index in [1.165, 1.54) is 48.5 Å². The number of hydrogen-bond donors (Lipinski definition) is 4. The summed E-state index contributed by atoms with van der Waals surface area (Å²) < 4.78 is 57.9. The number of carbonyl (C=O) groups is 3. The molecule has 1 heterocycles. The minimum absolute atomic E-state index is 0.0191. The number of amides is 2. The third kappa shape index (κ3) is 7.09. The Morgan fingerprint density at radius 1 is 0.537 bits per heavy atom. The second-order valence-electron chi connectivity index (χ2n) is 12.2. The number of nitrogens with zero attached hydrogens (tertiary/aromatic N) is 2. The van der Waals surface area contributed by atoms with Gasteiger partial charge >= 0.3 is 18.0 Å². The van der Waals surface area contributed by atoms with Gasteiger partial charge in [0.05, 0.1) is 31.0 Å². The molecule has 1 saturated heterocycles. The van der Waals surface area contributed by atoms with E-state index in [4.69, 9.17) is 23.2 Å². The summed E-state index contributed by atoms with van der Waals surface area (Å²) in [4.78, 5) is 39.6. The summed E-state index contributed by atoms with van der Waals surface area (Å²) >= 11 is 11.8. The fourth-order valence-electron chi connectivity index (χ4n) is 6.04. The van der Waals surface area contributed by atoms with Crippen molar-refractivity contribution in [1.29, 1.82) is 0 Å². The zero-order chi connectivity index (χ0) is 38.5. The molecule has 1 fully saturated rings. The van der Waals surface area contributed by atoms with E-state index in [2.05, 4.69) is 9.44 Å². The molecule has 0 radical (unpaired) electrons. The monoisotopic (exact) mass is 804 g/mol. The third-order valence-corrected chi connectivity index (χ3v) is 12.2. The summed E-state index contributed by atoms with van der Waals surface area (Å²) in [5, 5.41) is 21.1. The van der Waals surface area contributed by atoms with Gasteiger partial charge in [-0.05, 0) is 106 Å². The molecule has 1 aliphatic heterocycles. The average molecular weight is 806 g/mol. The number of rotatable bonds is 10. The predicted octanol–water partition coefficient (Wildman–Crippen LogP) is 7.74. The molecule has 0 spiro atoms. The van der Waals surface area contributed by atoms with Gasteiger partial charge in [-0.2, -0.15) is 0 Å². The van der Waals surface area contributed by atoms with Gasteiger partial charge in [-0.1, -0.05) is 47.5 Å². The molecule has 4 N–H and O–H groups in total. The van der Waals surface area contributed by atoms with Crippen molar-refractivity contribution in [1.82, 2.24) is 0 Å². The molecule has 0 atom stereocenters. The quantitative estimate of drug-likeness (QED) is 0.107. The van der Waals surface area contributed by atoms with Crippen molar-refractivity contribution in [3.63, 3.8) is 0 Å². The third-order valence-electron chi connectivity index (χ3n) is 8.74. The number of carbonyl (C=O) groups excluding carboxylic acids is 1. The number of urea groups is 1. The van der Waals surface area contributed by atoms with Gasteiger partial charge in [0.2, 0.25) is 0 Å². The molecule has 2 amide bonds. The number of sulfonamides is 2. The minimum Gasteiger partial charge on any atom is -0.478 e. The number of carboxylic acid groups (broad SMARTS) is 2. The van der Waals surface area contributed by atoms with Crippen molar-refractivity contribution in [2.75, 3.05) is 32.3 Å². The standard InChI is InChI=1S/C37H26Cl2N4O9S2/c38-33-11-5-25(19-31(33)35(44)45)40-53(49,50)29-9-3-21-1-7-27(15-23(21)17-29)42-13-14-43(37(42)48)28-8-2-22-4-10-30(18-24(22)16-28)54(51,52)41-26-6-12-34(39)32(20-26)36(46)47/h1-12,15-20,40-41H,13-14H2,(H,44,45)(H,46,47). The number of hydrogen-bond acceptors (Lipinski definition) is 7. The molecule has 0 saturated carbocycles. The molecule has 0 aliphatic carbocycles. The van der Waals surface area contributed by atoms with Crippen molar-refractivity contribution in [3.05, 3.63) is 130 Å². The van der Waals surface area contributed by atoms with Crippen LogP contribution in [0.5, 0.6) is 0 Å². The highest BCUT2D eigenvalue weighted by Gasteiger charge is 2.31. The van der Waals surface area contributed by atoms with E-state index in [0.717, 1.165) is 12.1 Å². The van der Waals surface area contributed by atoms with Gasteiger partial charge in [-0.15, -0.1) is 0 Å². The van der Waals surface area contributed by atoms with Crippen molar-refractivity contribution in [2.24, 2.45) is 0 Å². The molecule has 13 nitrogen and oxygen atoms in total. The fourth-order valence-corrected chi connectivity index (χ4v) is 8.61. The summed E-state index contributed by atoms with van der Waals surface area (Å²) in [7, 11) is -8.29. The highest BCUT2D eigenvalue weighted by Crippen LogP contribution is 2.32. The van der Waals surface area contributed by atoms with Crippen LogP contribution in [0.4, 0.5) is 27.5 Å². The topological polar surface area (TPSA) is 190 Å². The van der Waals surface area contributed by atoms with E-state index in [9.17, 15) is 41.4 Å². The fraction of sp³-hybridized carbons (Fsp3) is 0.0541. The highest BCUT2D eigenvalue weighted by atomic mass is 35.5. The van der Waals surface area contributed by atoms with Crippen LogP contribution in [-0.2, 0) is 20.0 Å². The Morgan fingerprint density at radius 2 is 0.926 bits per heavy atom. The second kappa shape index (κ2) is 13.8. The first-order chi connectivity index (χ1) is 25.6. The van der Waals surface area contributed by atoms with Crippen molar-refractivity contribution in [3.8, 4) is 0 Å². The van der Waals surface area contributed by atoms with E-state index in [0.29, 0.717) is 46.0 Å². The lowest BCUT2D eigenvalue weighted by molar-refractivity contribution is 0.0686. The van der Waals surface area contributed by atoms with Crippen molar-refractivity contribution >= 4 is 106 Å². The van der Waals surface area contributed by atoms with Gasteiger partial charge in [0.25, 0.3) is 20.0 Å². The first-order valence-electron chi connectivity index (χ1n) is 15.9. The number of benzene rings is 6. The number of anilines is 4. The molecular weight excluding hydrogens is 779 g/mol. The Kier molecular flexibility index (Phi) is 9.35. The van der Waals surface area contributed by atoms with Crippen molar-refractivity contribution in [2.45, 2.75) is 9.79 Å². The molecule has 0 unspecified atom stereocenters. The molecule has 0 aromatic heterocycles. The van der Waals surface area contributed by atoms with Gasteiger partial charge in [0.1, 0.15) is 0 Å². The number of aromatic carboxylic acids is 2. The number of halogens is 2. The van der Waals surface area contributed by atoms with Gasteiger partial charge < -0.3 is 10.2 Å². The lowest BCUT2D eigenvalue weighted by Crippen LogP contribution is -2.31. The zero-order valence-electron chi connectivity index (χ0n) is 27.5. The first kappa shape index (κ1) is 36.5. The van der Waals surface area contributed by atoms with Crippen LogP contribution in [-0.4, -0.2) is 58.1 Å². The summed E-state index contributed by atoms with van der Waals surface area (Å²) in [5.41, 5.74) is 0.570. The summed E-state index contributed by atoms with van der Waals surface area (Å²) in [6.45, 7) is 0.615. The van der Waals surface area contributed by atoms with Crippen LogP contribution < -0.4 is 19.2 Å². The Balaban J connectivity index is 1.12. The van der Waals surface area contributed by atoms with Crippen LogP contribution in [0.1, 0.15) is 20.7 Å². The Hall–Kier alpha value is -5.87. The lowest BCUT2D eigenvalue weighted by Gasteiger charge is -2.20. The average Bonchev–Trinajstić information content (AvgIpc) is 3.52.